The van der Waals surface area contributed by atoms with Crippen LogP contribution in [0.15, 0.2) is 0 Å². The van der Waals surface area contributed by atoms with Gasteiger partial charge in [0.15, 0.2) is 12.6 Å². The summed E-state index contributed by atoms with van der Waals surface area (Å²) in [5, 5.41) is 0. The highest BCUT2D eigenvalue weighted by atomic mass is 16.2. The molecule has 4 nitrogen and oxygen atoms in total. The number of Topliss-reactive ketones (excluding diaryl/α,β-unsaturated/α-hetero) is 2. The number of ketones is 2. The van der Waals surface area contributed by atoms with E-state index in [0.29, 0.717) is 33.4 Å². The number of hydrogen-bond donors (Lipinski definition) is 0. The van der Waals surface area contributed by atoms with Crippen molar-refractivity contribution in [3.05, 3.63) is 33.4 Å². The molecular weight excluding hydrogens is 232 g/mol. The quantitative estimate of drug-likeness (QED) is 0.460. The summed E-state index contributed by atoms with van der Waals surface area (Å²) in [6.45, 7) is 6.67. The second-order valence-corrected chi connectivity index (χ2v) is 4.21. The van der Waals surface area contributed by atoms with Crippen LogP contribution in [0.1, 0.15) is 43.0 Å². The van der Waals surface area contributed by atoms with Crippen LogP contribution in [-0.4, -0.2) is 24.1 Å². The van der Waals surface area contributed by atoms with Crippen molar-refractivity contribution in [1.82, 2.24) is 0 Å². The van der Waals surface area contributed by atoms with Gasteiger partial charge in [0.1, 0.15) is 0 Å². The lowest BCUT2D eigenvalue weighted by Gasteiger charge is -2.16. The zero-order valence-electron chi connectivity index (χ0n) is 10.8. The highest BCUT2D eigenvalue weighted by Gasteiger charge is 2.22. The minimum Gasteiger partial charge on any atom is -0.294 e. The van der Waals surface area contributed by atoms with E-state index in [4.69, 9.17) is 0 Å². The fourth-order valence-electron chi connectivity index (χ4n) is 2.17. The molecule has 0 bridgehead atoms. The van der Waals surface area contributed by atoms with E-state index in [1.54, 1.807) is 27.7 Å². The molecule has 0 radical (unpaired) electrons. The van der Waals surface area contributed by atoms with Gasteiger partial charge in [0.25, 0.3) is 0 Å². The molecule has 0 amide bonds. The first-order valence-electron chi connectivity index (χ1n) is 5.46. The molecule has 0 aliphatic rings. The van der Waals surface area contributed by atoms with Gasteiger partial charge in [0.05, 0.1) is 0 Å². The first kappa shape index (κ1) is 14.0. The first-order chi connectivity index (χ1) is 8.36. The highest BCUT2D eigenvalue weighted by Crippen LogP contribution is 2.26. The van der Waals surface area contributed by atoms with E-state index in [9.17, 15) is 19.2 Å². The van der Waals surface area contributed by atoms with Crippen molar-refractivity contribution in [2.45, 2.75) is 27.7 Å². The Bertz CT molecular complexity index is 488. The van der Waals surface area contributed by atoms with Crippen LogP contribution >= 0.6 is 0 Å². The lowest BCUT2D eigenvalue weighted by Crippen LogP contribution is -2.15. The minimum atomic E-state index is -0.610. The molecule has 94 valence electrons. The maximum atomic E-state index is 11.6. The number of rotatable bonds is 4. The summed E-state index contributed by atoms with van der Waals surface area (Å²) >= 11 is 0. The Morgan fingerprint density at radius 3 is 1.06 bits per heavy atom. The van der Waals surface area contributed by atoms with Crippen LogP contribution in [-0.2, 0) is 9.59 Å². The van der Waals surface area contributed by atoms with Gasteiger partial charge < -0.3 is 0 Å². The van der Waals surface area contributed by atoms with Crippen molar-refractivity contribution in [2.75, 3.05) is 0 Å². The Morgan fingerprint density at radius 2 is 0.889 bits per heavy atom. The topological polar surface area (TPSA) is 68.3 Å². The Hall–Kier alpha value is -2.10. The van der Waals surface area contributed by atoms with E-state index in [1.165, 1.54) is 0 Å². The van der Waals surface area contributed by atoms with E-state index < -0.39 is 11.6 Å². The molecule has 18 heavy (non-hydrogen) atoms. The predicted octanol–water partition coefficient (Wildman–Crippen LogP) is 1.68. The lowest BCUT2D eigenvalue weighted by atomic mass is 9.86. The zero-order valence-corrected chi connectivity index (χ0v) is 10.8. The molecule has 0 aliphatic carbocycles. The summed E-state index contributed by atoms with van der Waals surface area (Å²) in [6, 6.07) is 0. The van der Waals surface area contributed by atoms with Crippen LogP contribution in [0.2, 0.25) is 0 Å². The van der Waals surface area contributed by atoms with Crippen molar-refractivity contribution >= 4 is 24.1 Å². The molecule has 0 saturated carbocycles. The van der Waals surface area contributed by atoms with Crippen LogP contribution in [0, 0.1) is 27.7 Å². The fraction of sp³-hybridized carbons (Fsp3) is 0.286. The van der Waals surface area contributed by atoms with Crippen molar-refractivity contribution in [3.8, 4) is 0 Å². The summed E-state index contributed by atoms with van der Waals surface area (Å²) < 4.78 is 0. The molecular formula is C14H14O4. The first-order valence-corrected chi connectivity index (χ1v) is 5.46. The molecule has 4 heteroatoms. The lowest BCUT2D eigenvalue weighted by molar-refractivity contribution is -0.105. The van der Waals surface area contributed by atoms with Gasteiger partial charge in [-0.1, -0.05) is 0 Å². The average Bonchev–Trinajstić information content (AvgIpc) is 2.36. The van der Waals surface area contributed by atoms with Crippen molar-refractivity contribution in [3.63, 3.8) is 0 Å². The van der Waals surface area contributed by atoms with Crippen LogP contribution < -0.4 is 0 Å². The van der Waals surface area contributed by atoms with Crippen LogP contribution in [0.5, 0.6) is 0 Å². The monoisotopic (exact) mass is 246 g/mol. The smallest absolute Gasteiger partial charge is 0.225 e. The summed E-state index contributed by atoms with van der Waals surface area (Å²) in [5.41, 5.74) is 2.92. The number of carbonyl (C=O) groups is 4. The van der Waals surface area contributed by atoms with E-state index in [-0.39, 0.29) is 12.6 Å². The van der Waals surface area contributed by atoms with Gasteiger partial charge in [-0.15, -0.1) is 0 Å². The number of carbonyl (C=O) groups excluding carboxylic acids is 4. The van der Waals surface area contributed by atoms with E-state index in [2.05, 4.69) is 0 Å². The Kier molecular flexibility index (Phi) is 3.91. The Morgan fingerprint density at radius 1 is 0.667 bits per heavy atom. The predicted molar refractivity (Wildman–Crippen MR) is 66.2 cm³/mol. The summed E-state index contributed by atoms with van der Waals surface area (Å²) in [4.78, 5) is 44.4. The van der Waals surface area contributed by atoms with Crippen molar-refractivity contribution in [1.29, 1.82) is 0 Å². The number of hydrogen-bond acceptors (Lipinski definition) is 4. The SMILES string of the molecule is Cc1c(C)c(C(=O)C=O)c(C)c(C)c1C(=O)C=O. The molecule has 0 fully saturated rings. The van der Waals surface area contributed by atoms with E-state index in [0.717, 1.165) is 0 Å². The van der Waals surface area contributed by atoms with Crippen LogP contribution in [0.4, 0.5) is 0 Å². The Balaban J connectivity index is 3.76. The fourth-order valence-corrected chi connectivity index (χ4v) is 2.17. The van der Waals surface area contributed by atoms with Gasteiger partial charge in [0.2, 0.25) is 11.6 Å². The van der Waals surface area contributed by atoms with Gasteiger partial charge in [-0.2, -0.15) is 0 Å². The van der Waals surface area contributed by atoms with Crippen LogP contribution in [0.25, 0.3) is 0 Å². The third-order valence-corrected chi connectivity index (χ3v) is 3.33. The van der Waals surface area contributed by atoms with E-state index in [1.807, 2.05) is 0 Å². The number of benzene rings is 1. The van der Waals surface area contributed by atoms with Crippen LogP contribution in [0.3, 0.4) is 0 Å². The number of aldehydes is 2. The third-order valence-electron chi connectivity index (χ3n) is 3.33. The van der Waals surface area contributed by atoms with Crippen molar-refractivity contribution in [2.24, 2.45) is 0 Å². The van der Waals surface area contributed by atoms with Gasteiger partial charge in [-0.3, -0.25) is 19.2 Å². The third kappa shape index (κ3) is 2.01. The molecule has 0 atom stereocenters. The zero-order chi connectivity index (χ0) is 14.0. The molecule has 0 saturated heterocycles. The maximum Gasteiger partial charge on any atom is 0.225 e. The molecule has 1 aromatic carbocycles. The summed E-state index contributed by atoms with van der Waals surface area (Å²) in [6.07, 6.45) is 0.519. The van der Waals surface area contributed by atoms with E-state index >= 15 is 0 Å². The van der Waals surface area contributed by atoms with Gasteiger partial charge >= 0.3 is 0 Å². The largest absolute Gasteiger partial charge is 0.294 e. The molecule has 0 N–H and O–H groups in total. The minimum absolute atomic E-state index is 0.259. The summed E-state index contributed by atoms with van der Waals surface area (Å²) in [7, 11) is 0. The van der Waals surface area contributed by atoms with Crippen molar-refractivity contribution < 1.29 is 19.2 Å². The standard InChI is InChI=1S/C14H14O4/c1-7-8(2)14(12(18)6-16)10(4)9(3)13(7)11(17)5-15/h5-6H,1-4H3. The highest BCUT2D eigenvalue weighted by molar-refractivity contribution is 6.36. The Labute approximate surface area is 105 Å². The summed E-state index contributed by atoms with van der Waals surface area (Å²) in [5.74, 6) is -1.22. The van der Waals surface area contributed by atoms with Gasteiger partial charge in [-0.25, -0.2) is 0 Å². The molecule has 1 aromatic rings. The van der Waals surface area contributed by atoms with Gasteiger partial charge in [0, 0.05) is 11.1 Å². The molecule has 0 spiro atoms. The molecule has 0 unspecified atom stereocenters. The molecule has 0 heterocycles. The maximum absolute atomic E-state index is 11.6. The van der Waals surface area contributed by atoms with Gasteiger partial charge in [-0.05, 0) is 49.9 Å². The average molecular weight is 246 g/mol. The molecule has 1 rings (SSSR count). The second kappa shape index (κ2) is 5.04. The molecule has 0 aromatic heterocycles. The second-order valence-electron chi connectivity index (χ2n) is 4.21. The molecule has 0 aliphatic heterocycles. The normalized spacial score (nSPS) is 10.0.